The number of morpholine rings is 1. The Kier molecular flexibility index (Phi) is 10.2. The maximum absolute atomic E-state index is 13.6. The Bertz CT molecular complexity index is 1910. The summed E-state index contributed by atoms with van der Waals surface area (Å²) in [5.74, 6) is -1.31. The Morgan fingerprint density at radius 1 is 1.08 bits per heavy atom. The number of carboxylic acids is 1. The molecule has 13 nitrogen and oxygen atoms in total. The number of anilines is 1. The number of aromatic carboxylic acids is 1. The van der Waals surface area contributed by atoms with Gasteiger partial charge in [0.1, 0.15) is 22.0 Å². The van der Waals surface area contributed by atoms with Gasteiger partial charge in [-0.1, -0.05) is 0 Å². The van der Waals surface area contributed by atoms with Gasteiger partial charge >= 0.3 is 18.2 Å². The topological polar surface area (TPSA) is 155 Å². The van der Waals surface area contributed by atoms with E-state index in [9.17, 15) is 32.7 Å². The van der Waals surface area contributed by atoms with Crippen LogP contribution in [0, 0.1) is 0 Å². The van der Waals surface area contributed by atoms with Gasteiger partial charge in [-0.3, -0.25) is 15.0 Å². The number of rotatable bonds is 9. The summed E-state index contributed by atoms with van der Waals surface area (Å²) in [4.78, 5) is 55.4. The van der Waals surface area contributed by atoms with Crippen LogP contribution in [0.5, 0.6) is 0 Å². The molecular weight excluding hydrogens is 665 g/mol. The van der Waals surface area contributed by atoms with Crippen LogP contribution in [0.1, 0.15) is 41.9 Å². The number of fused-ring (bicyclic) bond motifs is 1. The van der Waals surface area contributed by atoms with Crippen molar-refractivity contribution in [1.29, 1.82) is 0 Å². The van der Waals surface area contributed by atoms with Crippen molar-refractivity contribution in [3.05, 3.63) is 57.6 Å². The highest BCUT2D eigenvalue weighted by atomic mass is 32.1. The first-order valence-electron chi connectivity index (χ1n) is 15.9. The summed E-state index contributed by atoms with van der Waals surface area (Å²) in [5, 5.41) is 16.1. The van der Waals surface area contributed by atoms with Gasteiger partial charge in [-0.25, -0.2) is 24.5 Å². The number of carbonyl (C=O) groups excluding carboxylic acids is 1. The summed E-state index contributed by atoms with van der Waals surface area (Å²) in [6.45, 7) is 8.52. The molecule has 2 fully saturated rings. The average molecular weight is 701 g/mol. The van der Waals surface area contributed by atoms with Crippen molar-refractivity contribution in [1.82, 2.24) is 34.6 Å². The number of likely N-dealkylation sites (tertiary alicyclic amines) is 1. The number of nitrogens with zero attached hydrogens (tertiary/aromatic N) is 6. The second-order valence-corrected chi connectivity index (χ2v) is 12.7. The van der Waals surface area contributed by atoms with E-state index in [1.54, 1.807) is 11.5 Å². The predicted molar refractivity (Wildman–Crippen MR) is 177 cm³/mol. The van der Waals surface area contributed by atoms with Gasteiger partial charge in [-0.2, -0.15) is 13.2 Å². The molecule has 1 atom stereocenters. The lowest BCUT2D eigenvalue weighted by molar-refractivity contribution is -0.140. The summed E-state index contributed by atoms with van der Waals surface area (Å²) in [6.07, 6.45) is 1.15. The number of alkyl halides is 3. The van der Waals surface area contributed by atoms with E-state index in [0.717, 1.165) is 62.3 Å². The number of thiazole rings is 1. The smallest absolute Gasteiger partial charge is 0.434 e. The lowest BCUT2D eigenvalue weighted by Gasteiger charge is -2.36. The minimum absolute atomic E-state index is 0.000143. The molecule has 0 saturated carbocycles. The lowest BCUT2D eigenvalue weighted by Crippen LogP contribution is -2.44. The first-order valence-corrected chi connectivity index (χ1v) is 16.8. The number of ether oxygens (including phenoxy) is 1. The average Bonchev–Trinajstić information content (AvgIpc) is 3.60. The standard InChI is InChI=1S/C32H35F3N8O5S/c1-2-36-31(47)40-26-13-21(29-39-25(18-49-29)32(33,34)35)23(15-37-26)19-12-22-27(44)24(30(45)46)17-43(28(22)38-14-19)20-4-3-5-42(16-20)7-6-41-8-10-48-11-9-41/h12-15,17-18,20H,2-11,16H2,1H3,(H,45,46)(H2,36,37,40,47)/t20-/m1/s1. The van der Waals surface area contributed by atoms with Gasteiger partial charge in [0.15, 0.2) is 5.69 Å². The van der Waals surface area contributed by atoms with Crippen LogP contribution in [-0.2, 0) is 10.9 Å². The number of nitrogens with one attached hydrogen (secondary N) is 2. The van der Waals surface area contributed by atoms with Crippen LogP contribution >= 0.6 is 11.3 Å². The van der Waals surface area contributed by atoms with Crippen LogP contribution in [0.2, 0.25) is 0 Å². The Hall–Kier alpha value is -4.45. The van der Waals surface area contributed by atoms with Crippen LogP contribution in [0.3, 0.4) is 0 Å². The van der Waals surface area contributed by atoms with Gasteiger partial charge in [0.2, 0.25) is 5.43 Å². The predicted octanol–water partition coefficient (Wildman–Crippen LogP) is 4.41. The highest BCUT2D eigenvalue weighted by Crippen LogP contribution is 2.39. The minimum atomic E-state index is -4.68. The lowest BCUT2D eigenvalue weighted by atomic mass is 10.0. The fraction of sp³-hybridized carbons (Fsp3) is 0.438. The van der Waals surface area contributed by atoms with E-state index in [1.165, 1.54) is 30.7 Å². The van der Waals surface area contributed by atoms with Crippen molar-refractivity contribution in [2.75, 3.05) is 64.3 Å². The van der Waals surface area contributed by atoms with E-state index in [0.29, 0.717) is 37.5 Å². The summed E-state index contributed by atoms with van der Waals surface area (Å²) in [5.41, 5.74) is -1.11. The monoisotopic (exact) mass is 700 g/mol. The summed E-state index contributed by atoms with van der Waals surface area (Å²) < 4.78 is 47.7. The number of carbonyl (C=O) groups is 2. The molecule has 2 amide bonds. The largest absolute Gasteiger partial charge is 0.477 e. The van der Waals surface area contributed by atoms with E-state index >= 15 is 0 Å². The fourth-order valence-electron chi connectivity index (χ4n) is 6.16. The van der Waals surface area contributed by atoms with Crippen molar-refractivity contribution in [3.8, 4) is 21.7 Å². The molecule has 4 aromatic rings. The van der Waals surface area contributed by atoms with Gasteiger partial charge in [-0.05, 0) is 38.4 Å². The molecule has 0 radical (unpaired) electrons. The van der Waals surface area contributed by atoms with Crippen LogP contribution in [0.4, 0.5) is 23.8 Å². The zero-order chi connectivity index (χ0) is 34.7. The molecule has 6 rings (SSSR count). The molecule has 260 valence electrons. The third-order valence-electron chi connectivity index (χ3n) is 8.63. The molecule has 0 bridgehead atoms. The maximum Gasteiger partial charge on any atom is 0.434 e. The molecular formula is C32H35F3N8O5S. The molecule has 0 aromatic carbocycles. The van der Waals surface area contributed by atoms with Gasteiger partial charge in [0.25, 0.3) is 0 Å². The number of piperidine rings is 1. The number of hydrogen-bond donors (Lipinski definition) is 3. The zero-order valence-electron chi connectivity index (χ0n) is 26.6. The molecule has 17 heteroatoms. The molecule has 3 N–H and O–H groups in total. The molecule has 0 spiro atoms. The Balaban J connectivity index is 1.39. The van der Waals surface area contributed by atoms with Crippen LogP contribution in [0.15, 0.2) is 40.9 Å². The highest BCUT2D eigenvalue weighted by molar-refractivity contribution is 7.13. The number of carboxylic acid groups (broad SMARTS) is 1. The first-order chi connectivity index (χ1) is 23.5. The van der Waals surface area contributed by atoms with Crippen LogP contribution < -0.4 is 16.1 Å². The highest BCUT2D eigenvalue weighted by Gasteiger charge is 2.34. The fourth-order valence-corrected chi connectivity index (χ4v) is 7.02. The van der Waals surface area contributed by atoms with E-state index in [1.807, 2.05) is 0 Å². The first kappa shape index (κ1) is 34.4. The number of halogens is 3. The van der Waals surface area contributed by atoms with Gasteiger partial charge in [0.05, 0.1) is 18.6 Å². The molecule has 0 unspecified atom stereocenters. The van der Waals surface area contributed by atoms with Crippen LogP contribution in [-0.4, -0.2) is 105 Å². The number of pyridine rings is 3. The Morgan fingerprint density at radius 3 is 2.57 bits per heavy atom. The van der Waals surface area contributed by atoms with Gasteiger partial charge in [0, 0.05) is 86.0 Å². The Labute approximate surface area is 282 Å². The van der Waals surface area contributed by atoms with Crippen LogP contribution in [0.25, 0.3) is 32.7 Å². The summed E-state index contributed by atoms with van der Waals surface area (Å²) in [6, 6.07) is 2.18. The summed E-state index contributed by atoms with van der Waals surface area (Å²) in [7, 11) is 0. The summed E-state index contributed by atoms with van der Waals surface area (Å²) >= 11 is 0.759. The zero-order valence-corrected chi connectivity index (χ0v) is 27.4. The molecule has 2 aliphatic rings. The Morgan fingerprint density at radius 2 is 1.86 bits per heavy atom. The number of hydrogen-bond acceptors (Lipinski definition) is 10. The number of amides is 2. The van der Waals surface area contributed by atoms with E-state index in [-0.39, 0.29) is 33.4 Å². The number of urea groups is 1. The molecule has 4 aromatic heterocycles. The van der Waals surface area contributed by atoms with Gasteiger partial charge < -0.3 is 24.6 Å². The van der Waals surface area contributed by atoms with E-state index in [2.05, 4.69) is 35.4 Å². The van der Waals surface area contributed by atoms with Crippen molar-refractivity contribution < 1.29 is 32.6 Å². The SMILES string of the molecule is CCNC(=O)Nc1cc(-c2nc(C(F)(F)F)cs2)c(-c2cnc3c(c2)c(=O)c(C(=O)O)cn3[C@@H]2CCCN(CCN3CCOCC3)C2)cn1. The minimum Gasteiger partial charge on any atom is -0.477 e. The van der Waals surface area contributed by atoms with Gasteiger partial charge in [-0.15, -0.1) is 11.3 Å². The molecule has 6 heterocycles. The number of aromatic nitrogens is 4. The third-order valence-corrected chi connectivity index (χ3v) is 9.50. The molecule has 2 saturated heterocycles. The quantitative estimate of drug-likeness (QED) is 0.229. The van der Waals surface area contributed by atoms with Crippen molar-refractivity contribution in [3.63, 3.8) is 0 Å². The molecule has 0 aliphatic carbocycles. The van der Waals surface area contributed by atoms with Crippen molar-refractivity contribution >= 4 is 40.2 Å². The van der Waals surface area contributed by atoms with Crippen molar-refractivity contribution in [2.24, 2.45) is 0 Å². The third kappa shape index (κ3) is 7.74. The van der Waals surface area contributed by atoms with E-state index < -0.39 is 34.9 Å². The van der Waals surface area contributed by atoms with Crippen molar-refractivity contribution in [2.45, 2.75) is 32.0 Å². The second-order valence-electron chi connectivity index (χ2n) is 11.9. The molecule has 2 aliphatic heterocycles. The molecule has 49 heavy (non-hydrogen) atoms. The normalized spacial score (nSPS) is 17.7. The second kappa shape index (κ2) is 14.6. The van der Waals surface area contributed by atoms with E-state index in [4.69, 9.17) is 4.74 Å². The maximum atomic E-state index is 13.6.